The lowest BCUT2D eigenvalue weighted by molar-refractivity contribution is 0.125. The van der Waals surface area contributed by atoms with Crippen LogP contribution < -0.4 is 10.6 Å². The Kier molecular flexibility index (Phi) is 3.65. The molecule has 0 aromatic rings. The second kappa shape index (κ2) is 4.81. The first-order chi connectivity index (χ1) is 7.23. The lowest BCUT2D eigenvalue weighted by Gasteiger charge is -2.29. The third-order valence-corrected chi connectivity index (χ3v) is 3.97. The van der Waals surface area contributed by atoms with Gasteiger partial charge in [-0.15, -0.1) is 0 Å². The lowest BCUT2D eigenvalue weighted by atomic mass is 9.82. The van der Waals surface area contributed by atoms with Gasteiger partial charge in [-0.25, -0.2) is 0 Å². The Morgan fingerprint density at radius 2 is 2.20 bits per heavy atom. The Morgan fingerprint density at radius 3 is 2.87 bits per heavy atom. The summed E-state index contributed by atoms with van der Waals surface area (Å²) in [5, 5.41) is 7.14. The fourth-order valence-corrected chi connectivity index (χ4v) is 3.14. The van der Waals surface area contributed by atoms with E-state index in [0.717, 1.165) is 18.4 Å². The van der Waals surface area contributed by atoms with Crippen LogP contribution in [0.4, 0.5) is 0 Å². The Labute approximate surface area is 93.0 Å². The van der Waals surface area contributed by atoms with Gasteiger partial charge in [-0.05, 0) is 57.7 Å². The average Bonchev–Trinajstić information content (AvgIpc) is 2.63. The van der Waals surface area contributed by atoms with Crippen molar-refractivity contribution in [3.05, 3.63) is 0 Å². The molecule has 2 aliphatic heterocycles. The normalized spacial score (nSPS) is 42.0. The van der Waals surface area contributed by atoms with Crippen molar-refractivity contribution in [1.29, 1.82) is 0 Å². The van der Waals surface area contributed by atoms with Crippen molar-refractivity contribution in [3.8, 4) is 0 Å². The molecule has 0 radical (unpaired) electrons. The Bertz CT molecular complexity index is 204. The molecule has 0 bridgehead atoms. The molecule has 3 atom stereocenters. The van der Waals surface area contributed by atoms with Gasteiger partial charge in [0.1, 0.15) is 0 Å². The number of rotatable bonds is 3. The molecule has 0 aromatic carbocycles. The number of methoxy groups -OCH3 is 1. The van der Waals surface area contributed by atoms with Crippen molar-refractivity contribution in [2.24, 2.45) is 11.8 Å². The van der Waals surface area contributed by atoms with Crippen LogP contribution in [-0.2, 0) is 4.74 Å². The standard InChI is InChI=1S/C12H24N2O/c1-12(9-15-2)6-11(8-14-12)10-4-3-5-13-7-10/h10-11,13-14H,3-9H2,1-2H3. The molecule has 2 fully saturated rings. The summed E-state index contributed by atoms with van der Waals surface area (Å²) >= 11 is 0. The van der Waals surface area contributed by atoms with Gasteiger partial charge in [0.2, 0.25) is 0 Å². The van der Waals surface area contributed by atoms with Gasteiger partial charge in [0, 0.05) is 12.6 Å². The first-order valence-corrected chi connectivity index (χ1v) is 6.18. The molecule has 0 amide bonds. The predicted molar refractivity (Wildman–Crippen MR) is 62.0 cm³/mol. The zero-order valence-electron chi connectivity index (χ0n) is 10.0. The number of piperidine rings is 1. The Morgan fingerprint density at radius 1 is 1.33 bits per heavy atom. The monoisotopic (exact) mass is 212 g/mol. The van der Waals surface area contributed by atoms with E-state index in [1.54, 1.807) is 7.11 Å². The van der Waals surface area contributed by atoms with Crippen molar-refractivity contribution in [1.82, 2.24) is 10.6 Å². The van der Waals surface area contributed by atoms with E-state index < -0.39 is 0 Å². The number of ether oxygens (including phenoxy) is 1. The van der Waals surface area contributed by atoms with Crippen LogP contribution in [-0.4, -0.2) is 38.9 Å². The molecule has 2 N–H and O–H groups in total. The van der Waals surface area contributed by atoms with E-state index in [1.807, 2.05) is 0 Å². The van der Waals surface area contributed by atoms with E-state index in [2.05, 4.69) is 17.6 Å². The van der Waals surface area contributed by atoms with E-state index in [9.17, 15) is 0 Å². The van der Waals surface area contributed by atoms with E-state index >= 15 is 0 Å². The molecule has 15 heavy (non-hydrogen) atoms. The largest absolute Gasteiger partial charge is 0.383 e. The molecule has 0 spiro atoms. The third kappa shape index (κ3) is 2.71. The van der Waals surface area contributed by atoms with Crippen molar-refractivity contribution in [2.75, 3.05) is 33.4 Å². The minimum Gasteiger partial charge on any atom is -0.383 e. The summed E-state index contributed by atoms with van der Waals surface area (Å²) in [5.74, 6) is 1.72. The second-order valence-electron chi connectivity index (χ2n) is 5.45. The summed E-state index contributed by atoms with van der Waals surface area (Å²) in [6.07, 6.45) is 4.03. The van der Waals surface area contributed by atoms with Crippen LogP contribution in [0.3, 0.4) is 0 Å². The van der Waals surface area contributed by atoms with Crippen LogP contribution in [0.25, 0.3) is 0 Å². The van der Waals surface area contributed by atoms with Crippen LogP contribution in [0.15, 0.2) is 0 Å². The molecule has 2 aliphatic rings. The van der Waals surface area contributed by atoms with Crippen molar-refractivity contribution >= 4 is 0 Å². The molecule has 2 rings (SSSR count). The number of hydrogen-bond donors (Lipinski definition) is 2. The first-order valence-electron chi connectivity index (χ1n) is 6.18. The summed E-state index contributed by atoms with van der Waals surface area (Å²) in [7, 11) is 1.79. The fourth-order valence-electron chi connectivity index (χ4n) is 3.14. The van der Waals surface area contributed by atoms with Crippen LogP contribution in [0, 0.1) is 11.8 Å². The van der Waals surface area contributed by atoms with Crippen LogP contribution in [0.5, 0.6) is 0 Å². The van der Waals surface area contributed by atoms with Gasteiger partial charge in [-0.2, -0.15) is 0 Å². The summed E-state index contributed by atoms with van der Waals surface area (Å²) in [6, 6.07) is 0. The average molecular weight is 212 g/mol. The quantitative estimate of drug-likeness (QED) is 0.732. The molecule has 3 heteroatoms. The van der Waals surface area contributed by atoms with Gasteiger partial charge in [0.15, 0.2) is 0 Å². The molecule has 0 aromatic heterocycles. The van der Waals surface area contributed by atoms with Crippen molar-refractivity contribution in [3.63, 3.8) is 0 Å². The van der Waals surface area contributed by atoms with E-state index in [0.29, 0.717) is 0 Å². The molecule has 3 unspecified atom stereocenters. The van der Waals surface area contributed by atoms with E-state index in [4.69, 9.17) is 4.74 Å². The highest BCUT2D eigenvalue weighted by Crippen LogP contribution is 2.32. The van der Waals surface area contributed by atoms with Crippen LogP contribution >= 0.6 is 0 Å². The first kappa shape index (κ1) is 11.4. The molecule has 3 nitrogen and oxygen atoms in total. The molecule has 2 saturated heterocycles. The maximum Gasteiger partial charge on any atom is 0.0641 e. The molecular weight excluding hydrogens is 188 g/mol. The topological polar surface area (TPSA) is 33.3 Å². The number of hydrogen-bond acceptors (Lipinski definition) is 3. The number of nitrogens with one attached hydrogen (secondary N) is 2. The second-order valence-corrected chi connectivity index (χ2v) is 5.45. The third-order valence-electron chi connectivity index (χ3n) is 3.97. The zero-order chi connectivity index (χ0) is 10.7. The molecule has 2 heterocycles. The van der Waals surface area contributed by atoms with Gasteiger partial charge >= 0.3 is 0 Å². The molecule has 0 saturated carbocycles. The predicted octanol–water partition coefficient (Wildman–Crippen LogP) is 1.00. The smallest absolute Gasteiger partial charge is 0.0641 e. The van der Waals surface area contributed by atoms with E-state index in [1.165, 1.54) is 38.9 Å². The Balaban J connectivity index is 1.85. The van der Waals surface area contributed by atoms with Crippen LogP contribution in [0.1, 0.15) is 26.2 Å². The van der Waals surface area contributed by atoms with Crippen LogP contribution in [0.2, 0.25) is 0 Å². The zero-order valence-corrected chi connectivity index (χ0v) is 10.0. The highest BCUT2D eigenvalue weighted by atomic mass is 16.5. The summed E-state index contributed by atoms with van der Waals surface area (Å²) in [5.41, 5.74) is 0.219. The van der Waals surface area contributed by atoms with Gasteiger partial charge in [0.25, 0.3) is 0 Å². The van der Waals surface area contributed by atoms with Gasteiger partial charge in [-0.1, -0.05) is 0 Å². The maximum absolute atomic E-state index is 5.29. The summed E-state index contributed by atoms with van der Waals surface area (Å²) < 4.78 is 5.29. The summed E-state index contributed by atoms with van der Waals surface area (Å²) in [6.45, 7) is 6.73. The van der Waals surface area contributed by atoms with E-state index in [-0.39, 0.29) is 5.54 Å². The highest BCUT2D eigenvalue weighted by molar-refractivity contribution is 4.96. The fraction of sp³-hybridized carbons (Fsp3) is 1.00. The minimum atomic E-state index is 0.219. The minimum absolute atomic E-state index is 0.219. The highest BCUT2D eigenvalue weighted by Gasteiger charge is 2.38. The maximum atomic E-state index is 5.29. The van der Waals surface area contributed by atoms with Gasteiger partial charge in [-0.3, -0.25) is 0 Å². The summed E-state index contributed by atoms with van der Waals surface area (Å²) in [4.78, 5) is 0. The van der Waals surface area contributed by atoms with Gasteiger partial charge < -0.3 is 15.4 Å². The molecule has 0 aliphatic carbocycles. The van der Waals surface area contributed by atoms with Crippen molar-refractivity contribution < 1.29 is 4.74 Å². The Hall–Kier alpha value is -0.120. The van der Waals surface area contributed by atoms with Gasteiger partial charge in [0.05, 0.1) is 6.61 Å². The molecule has 88 valence electrons. The molecular formula is C12H24N2O. The van der Waals surface area contributed by atoms with Crippen molar-refractivity contribution in [2.45, 2.75) is 31.7 Å². The SMILES string of the molecule is COCC1(C)CC(C2CCCNC2)CN1. The lowest BCUT2D eigenvalue weighted by Crippen LogP contribution is -2.40.